The molecule has 25 heavy (non-hydrogen) atoms. The average molecular weight is 422 g/mol. The van der Waals surface area contributed by atoms with Crippen LogP contribution in [0.5, 0.6) is 0 Å². The van der Waals surface area contributed by atoms with Gasteiger partial charge < -0.3 is 5.32 Å². The summed E-state index contributed by atoms with van der Waals surface area (Å²) >= 11 is 17.8. The Morgan fingerprint density at radius 3 is 2.20 bits per heavy atom. The molecular weight excluding hydrogens is 407 g/mol. The highest BCUT2D eigenvalue weighted by atomic mass is 35.5. The van der Waals surface area contributed by atoms with E-state index in [4.69, 9.17) is 34.8 Å². The summed E-state index contributed by atoms with van der Waals surface area (Å²) in [5.74, 6) is -0.243. The second kappa shape index (κ2) is 8.38. The molecule has 0 spiro atoms. The zero-order valence-corrected chi connectivity index (χ0v) is 16.2. The van der Waals surface area contributed by atoms with Crippen LogP contribution in [0, 0.1) is 0 Å². The number of nitrogens with one attached hydrogen (secondary N) is 2. The van der Waals surface area contributed by atoms with Gasteiger partial charge in [0.25, 0.3) is 0 Å². The Labute approximate surface area is 161 Å². The van der Waals surface area contributed by atoms with E-state index < -0.39 is 10.0 Å². The van der Waals surface area contributed by atoms with E-state index >= 15 is 0 Å². The lowest BCUT2D eigenvalue weighted by atomic mass is 10.1. The third kappa shape index (κ3) is 5.33. The van der Waals surface area contributed by atoms with Crippen molar-refractivity contribution in [1.82, 2.24) is 4.72 Å². The molecule has 0 unspecified atom stereocenters. The summed E-state index contributed by atoms with van der Waals surface area (Å²) in [4.78, 5) is 12.2. The maximum atomic E-state index is 12.1. The summed E-state index contributed by atoms with van der Waals surface area (Å²) in [6.45, 7) is 0. The van der Waals surface area contributed by atoms with Crippen LogP contribution in [0.1, 0.15) is 12.0 Å². The van der Waals surface area contributed by atoms with E-state index in [9.17, 15) is 13.2 Å². The molecule has 2 aromatic rings. The third-order valence-electron chi connectivity index (χ3n) is 3.43. The highest BCUT2D eigenvalue weighted by molar-refractivity contribution is 7.89. The number of halogens is 3. The second-order valence-electron chi connectivity index (χ2n) is 5.15. The molecule has 0 saturated heterocycles. The molecule has 0 aromatic heterocycles. The first-order valence-electron chi connectivity index (χ1n) is 7.20. The van der Waals surface area contributed by atoms with Crippen molar-refractivity contribution in [2.75, 3.05) is 12.4 Å². The van der Waals surface area contributed by atoms with Gasteiger partial charge in [0.2, 0.25) is 15.9 Å². The van der Waals surface area contributed by atoms with Crippen LogP contribution < -0.4 is 10.0 Å². The van der Waals surface area contributed by atoms with Gasteiger partial charge in [-0.05, 0) is 43.3 Å². The molecule has 2 aromatic carbocycles. The van der Waals surface area contributed by atoms with Crippen molar-refractivity contribution in [2.45, 2.75) is 17.7 Å². The predicted octanol–water partition coefficient (Wildman–Crippen LogP) is 4.13. The summed E-state index contributed by atoms with van der Waals surface area (Å²) in [6, 6.07) is 9.28. The molecule has 0 aliphatic heterocycles. The summed E-state index contributed by atoms with van der Waals surface area (Å²) in [6.07, 6.45) is 0.652. The summed E-state index contributed by atoms with van der Waals surface area (Å²) in [5.41, 5.74) is 1.22. The van der Waals surface area contributed by atoms with Gasteiger partial charge in [-0.3, -0.25) is 4.79 Å². The zero-order valence-electron chi connectivity index (χ0n) is 13.1. The lowest BCUT2D eigenvalue weighted by Gasteiger charge is -2.09. The minimum Gasteiger partial charge on any atom is -0.325 e. The van der Waals surface area contributed by atoms with E-state index in [2.05, 4.69) is 10.0 Å². The van der Waals surface area contributed by atoms with Crippen molar-refractivity contribution >= 4 is 56.4 Å². The van der Waals surface area contributed by atoms with Crippen LogP contribution in [0.3, 0.4) is 0 Å². The summed E-state index contributed by atoms with van der Waals surface area (Å²) in [5, 5.41) is 3.57. The minimum atomic E-state index is -3.47. The van der Waals surface area contributed by atoms with Gasteiger partial charge >= 0.3 is 0 Å². The van der Waals surface area contributed by atoms with E-state index in [1.807, 2.05) is 0 Å². The van der Waals surface area contributed by atoms with Crippen molar-refractivity contribution < 1.29 is 13.2 Å². The topological polar surface area (TPSA) is 75.3 Å². The van der Waals surface area contributed by atoms with Gasteiger partial charge in [0.05, 0.1) is 25.7 Å². The van der Waals surface area contributed by atoms with Gasteiger partial charge in [-0.25, -0.2) is 13.1 Å². The fourth-order valence-electron chi connectivity index (χ4n) is 2.04. The van der Waals surface area contributed by atoms with Crippen molar-refractivity contribution in [3.05, 3.63) is 57.0 Å². The van der Waals surface area contributed by atoms with Gasteiger partial charge in [-0.2, -0.15) is 0 Å². The number of aryl methyl sites for hydroxylation is 1. The molecule has 2 rings (SSSR count). The SMILES string of the molecule is CNS(=O)(=O)c1ccc(CCC(=O)Nc2cc(Cl)c(Cl)cc2Cl)cc1. The number of hydrogen-bond acceptors (Lipinski definition) is 3. The van der Waals surface area contributed by atoms with E-state index in [1.165, 1.54) is 31.3 Å². The Morgan fingerprint density at radius 2 is 1.60 bits per heavy atom. The number of amides is 1. The fourth-order valence-corrected chi connectivity index (χ4v) is 3.37. The third-order valence-corrected chi connectivity index (χ3v) is 5.89. The van der Waals surface area contributed by atoms with E-state index in [1.54, 1.807) is 12.1 Å². The van der Waals surface area contributed by atoms with Crippen LogP contribution in [-0.2, 0) is 21.2 Å². The maximum absolute atomic E-state index is 12.1. The molecular formula is C16H15Cl3N2O3S. The molecule has 5 nitrogen and oxygen atoms in total. The molecule has 0 aliphatic rings. The van der Waals surface area contributed by atoms with Crippen LogP contribution in [0.4, 0.5) is 5.69 Å². The first-order valence-corrected chi connectivity index (χ1v) is 9.81. The Bertz CT molecular complexity index is 884. The van der Waals surface area contributed by atoms with Crippen molar-refractivity contribution in [1.29, 1.82) is 0 Å². The fraction of sp³-hybridized carbons (Fsp3) is 0.188. The number of benzene rings is 2. The summed E-state index contributed by atoms with van der Waals surface area (Å²) in [7, 11) is -2.12. The number of carbonyl (C=O) groups is 1. The lowest BCUT2D eigenvalue weighted by Crippen LogP contribution is -2.18. The predicted molar refractivity (Wildman–Crippen MR) is 101 cm³/mol. The van der Waals surface area contributed by atoms with Crippen molar-refractivity contribution in [3.8, 4) is 0 Å². The van der Waals surface area contributed by atoms with Crippen LogP contribution in [0.15, 0.2) is 41.3 Å². The maximum Gasteiger partial charge on any atom is 0.240 e. The molecule has 0 heterocycles. The zero-order chi connectivity index (χ0) is 18.6. The molecule has 0 fully saturated rings. The molecule has 0 aliphatic carbocycles. The normalized spacial score (nSPS) is 11.4. The monoisotopic (exact) mass is 420 g/mol. The Balaban J connectivity index is 1.97. The van der Waals surface area contributed by atoms with Crippen LogP contribution in [-0.4, -0.2) is 21.4 Å². The number of carbonyl (C=O) groups excluding carboxylic acids is 1. The number of anilines is 1. The van der Waals surface area contributed by atoms with E-state index in [-0.39, 0.29) is 17.2 Å². The Kier molecular flexibility index (Phi) is 6.71. The molecule has 2 N–H and O–H groups in total. The standard InChI is InChI=1S/C16H15Cl3N2O3S/c1-20-25(23,24)11-5-2-10(3-6-11)4-7-16(22)21-15-9-13(18)12(17)8-14(15)19/h2-3,5-6,8-9,20H,4,7H2,1H3,(H,21,22). The lowest BCUT2D eigenvalue weighted by molar-refractivity contribution is -0.116. The summed E-state index contributed by atoms with van der Waals surface area (Å²) < 4.78 is 25.6. The first kappa shape index (κ1) is 20.0. The van der Waals surface area contributed by atoms with Crippen molar-refractivity contribution in [3.63, 3.8) is 0 Å². The van der Waals surface area contributed by atoms with E-state index in [0.717, 1.165) is 5.56 Å². The largest absolute Gasteiger partial charge is 0.325 e. The van der Waals surface area contributed by atoms with Crippen molar-refractivity contribution in [2.24, 2.45) is 0 Å². The molecule has 0 saturated carbocycles. The van der Waals surface area contributed by atoms with Gasteiger partial charge in [0, 0.05) is 6.42 Å². The average Bonchev–Trinajstić information content (AvgIpc) is 2.58. The molecule has 0 atom stereocenters. The van der Waals surface area contributed by atoms with Crippen LogP contribution in [0.25, 0.3) is 0 Å². The molecule has 9 heteroatoms. The first-order chi connectivity index (χ1) is 11.7. The Hall–Kier alpha value is -1.31. The quantitative estimate of drug-likeness (QED) is 0.689. The molecule has 134 valence electrons. The van der Waals surface area contributed by atoms with Gasteiger partial charge in [-0.15, -0.1) is 0 Å². The highest BCUT2D eigenvalue weighted by Crippen LogP contribution is 2.32. The highest BCUT2D eigenvalue weighted by Gasteiger charge is 2.12. The number of rotatable bonds is 6. The molecule has 1 amide bonds. The second-order valence-corrected chi connectivity index (χ2v) is 8.25. The Morgan fingerprint density at radius 1 is 1.00 bits per heavy atom. The van der Waals surface area contributed by atoms with Gasteiger partial charge in [0.1, 0.15) is 0 Å². The van der Waals surface area contributed by atoms with Gasteiger partial charge in [-0.1, -0.05) is 46.9 Å². The number of sulfonamides is 1. The smallest absolute Gasteiger partial charge is 0.240 e. The molecule has 0 radical (unpaired) electrons. The molecule has 0 bridgehead atoms. The minimum absolute atomic E-state index is 0.172. The van der Waals surface area contributed by atoms with Crippen LogP contribution >= 0.6 is 34.8 Å². The van der Waals surface area contributed by atoms with E-state index in [0.29, 0.717) is 27.2 Å². The van der Waals surface area contributed by atoms with Gasteiger partial charge in [0.15, 0.2) is 0 Å². The van der Waals surface area contributed by atoms with Crippen LogP contribution in [0.2, 0.25) is 15.1 Å². The number of hydrogen-bond donors (Lipinski definition) is 2.